The van der Waals surface area contributed by atoms with Gasteiger partial charge in [-0.15, -0.1) is 0 Å². The summed E-state index contributed by atoms with van der Waals surface area (Å²) in [5.41, 5.74) is 1.49. The third-order valence-corrected chi connectivity index (χ3v) is 3.56. The Morgan fingerprint density at radius 1 is 1.35 bits per heavy atom. The maximum absolute atomic E-state index is 8.65. The summed E-state index contributed by atoms with van der Waals surface area (Å²) in [4.78, 5) is 0. The number of aromatic nitrogens is 2. The molecule has 17 heavy (non-hydrogen) atoms. The van der Waals surface area contributed by atoms with Crippen molar-refractivity contribution in [3.05, 3.63) is 44.6 Å². The predicted molar refractivity (Wildman–Crippen MR) is 70.6 cm³/mol. The standard InChI is InChI=1S/C11H6BrCl2N3/c12-8-6-17(16-11(8)3-4-15)7-1-2-9(13)10(14)5-7/h1-2,5-6H,3H2. The Morgan fingerprint density at radius 2 is 2.12 bits per heavy atom. The van der Waals surface area contributed by atoms with Gasteiger partial charge in [0.15, 0.2) is 0 Å². The molecule has 0 saturated heterocycles. The first kappa shape index (κ1) is 12.4. The molecule has 2 aromatic rings. The molecule has 0 N–H and O–H groups in total. The SMILES string of the molecule is N#CCc1nn(-c2ccc(Cl)c(Cl)c2)cc1Br. The van der Waals surface area contributed by atoms with E-state index >= 15 is 0 Å². The summed E-state index contributed by atoms with van der Waals surface area (Å²) in [5.74, 6) is 0. The molecule has 0 radical (unpaired) electrons. The number of benzene rings is 1. The molecule has 2 rings (SSSR count). The van der Waals surface area contributed by atoms with Gasteiger partial charge in [-0.2, -0.15) is 10.4 Å². The molecule has 0 aliphatic heterocycles. The molecule has 0 amide bonds. The lowest BCUT2D eigenvalue weighted by atomic mass is 10.3. The highest BCUT2D eigenvalue weighted by molar-refractivity contribution is 9.10. The van der Waals surface area contributed by atoms with Crippen LogP contribution in [0.2, 0.25) is 10.0 Å². The Balaban J connectivity index is 2.43. The summed E-state index contributed by atoms with van der Waals surface area (Å²) in [6, 6.07) is 7.30. The van der Waals surface area contributed by atoms with Crippen molar-refractivity contribution in [2.24, 2.45) is 0 Å². The van der Waals surface area contributed by atoms with Gasteiger partial charge < -0.3 is 0 Å². The quantitative estimate of drug-likeness (QED) is 0.834. The van der Waals surface area contributed by atoms with E-state index in [-0.39, 0.29) is 6.42 Å². The summed E-state index contributed by atoms with van der Waals surface area (Å²) in [7, 11) is 0. The molecule has 1 heterocycles. The first-order valence-corrected chi connectivity index (χ1v) is 6.23. The van der Waals surface area contributed by atoms with Gasteiger partial charge in [0.25, 0.3) is 0 Å². The molecule has 0 fully saturated rings. The molecular formula is C11H6BrCl2N3. The van der Waals surface area contributed by atoms with Gasteiger partial charge in [-0.05, 0) is 34.1 Å². The summed E-state index contributed by atoms with van der Waals surface area (Å²) in [5, 5.41) is 13.9. The average Bonchev–Trinajstić information content (AvgIpc) is 2.65. The normalized spacial score (nSPS) is 10.2. The van der Waals surface area contributed by atoms with E-state index in [1.807, 2.05) is 6.07 Å². The lowest BCUT2D eigenvalue weighted by Crippen LogP contribution is -1.95. The number of hydrogen-bond acceptors (Lipinski definition) is 2. The largest absolute Gasteiger partial charge is 0.239 e. The number of nitriles is 1. The van der Waals surface area contributed by atoms with E-state index in [9.17, 15) is 0 Å². The highest BCUT2D eigenvalue weighted by atomic mass is 79.9. The molecule has 1 aromatic carbocycles. The molecule has 1 aromatic heterocycles. The van der Waals surface area contributed by atoms with Gasteiger partial charge in [-0.25, -0.2) is 4.68 Å². The van der Waals surface area contributed by atoms with Crippen LogP contribution in [0.25, 0.3) is 5.69 Å². The fraction of sp³-hybridized carbons (Fsp3) is 0.0909. The van der Waals surface area contributed by atoms with E-state index in [0.29, 0.717) is 15.7 Å². The summed E-state index contributed by atoms with van der Waals surface area (Å²) in [6.07, 6.45) is 2.04. The molecule has 3 nitrogen and oxygen atoms in total. The van der Waals surface area contributed by atoms with Crippen LogP contribution in [0.5, 0.6) is 0 Å². The van der Waals surface area contributed by atoms with E-state index in [2.05, 4.69) is 27.1 Å². The zero-order valence-electron chi connectivity index (χ0n) is 8.49. The third-order valence-electron chi connectivity index (χ3n) is 2.15. The topological polar surface area (TPSA) is 41.6 Å². The van der Waals surface area contributed by atoms with Gasteiger partial charge in [0, 0.05) is 6.20 Å². The second-order valence-corrected chi connectivity index (χ2v) is 4.97. The minimum atomic E-state index is 0.259. The molecular weight excluding hydrogens is 325 g/mol. The van der Waals surface area contributed by atoms with Crippen LogP contribution in [-0.4, -0.2) is 9.78 Å². The highest BCUT2D eigenvalue weighted by Gasteiger charge is 2.08. The van der Waals surface area contributed by atoms with Crippen LogP contribution in [-0.2, 0) is 6.42 Å². The highest BCUT2D eigenvalue weighted by Crippen LogP contribution is 2.25. The van der Waals surface area contributed by atoms with Gasteiger partial charge in [0.2, 0.25) is 0 Å². The summed E-state index contributed by atoms with van der Waals surface area (Å²) >= 11 is 15.1. The Hall–Kier alpha value is -1.02. The van der Waals surface area contributed by atoms with E-state index in [4.69, 9.17) is 28.5 Å². The van der Waals surface area contributed by atoms with Crippen LogP contribution in [0.3, 0.4) is 0 Å². The average molecular weight is 331 g/mol. The molecule has 0 bridgehead atoms. The Labute approximate surface area is 117 Å². The molecule has 0 saturated carbocycles. The maximum Gasteiger partial charge on any atom is 0.0911 e. The van der Waals surface area contributed by atoms with Crippen molar-refractivity contribution in [3.63, 3.8) is 0 Å². The van der Waals surface area contributed by atoms with E-state index in [0.717, 1.165) is 10.2 Å². The molecule has 0 atom stereocenters. The van der Waals surface area contributed by atoms with Crippen molar-refractivity contribution < 1.29 is 0 Å². The van der Waals surface area contributed by atoms with Crippen molar-refractivity contribution in [2.45, 2.75) is 6.42 Å². The number of nitrogens with zero attached hydrogens (tertiary/aromatic N) is 3. The molecule has 86 valence electrons. The zero-order chi connectivity index (χ0) is 12.4. The molecule has 0 aliphatic carbocycles. The van der Waals surface area contributed by atoms with Crippen molar-refractivity contribution in [3.8, 4) is 11.8 Å². The van der Waals surface area contributed by atoms with E-state index in [1.54, 1.807) is 23.0 Å². The van der Waals surface area contributed by atoms with Crippen molar-refractivity contribution in [1.82, 2.24) is 9.78 Å². The van der Waals surface area contributed by atoms with Gasteiger partial charge in [0.05, 0.1) is 38.4 Å². The first-order chi connectivity index (χ1) is 8.11. The second-order valence-electron chi connectivity index (χ2n) is 3.30. The van der Waals surface area contributed by atoms with E-state index < -0.39 is 0 Å². The summed E-state index contributed by atoms with van der Waals surface area (Å²) in [6.45, 7) is 0. The van der Waals surface area contributed by atoms with Gasteiger partial charge in [-0.1, -0.05) is 23.2 Å². The fourth-order valence-corrected chi connectivity index (χ4v) is 2.05. The fourth-order valence-electron chi connectivity index (χ4n) is 1.34. The van der Waals surface area contributed by atoms with Crippen LogP contribution in [0, 0.1) is 11.3 Å². The Kier molecular flexibility index (Phi) is 3.72. The molecule has 0 aliphatic rings. The number of rotatable bonds is 2. The minimum absolute atomic E-state index is 0.259. The molecule has 0 unspecified atom stereocenters. The summed E-state index contributed by atoms with van der Waals surface area (Å²) < 4.78 is 2.45. The first-order valence-electron chi connectivity index (χ1n) is 4.68. The lowest BCUT2D eigenvalue weighted by Gasteiger charge is -2.02. The second kappa shape index (κ2) is 5.09. The van der Waals surface area contributed by atoms with Crippen molar-refractivity contribution in [1.29, 1.82) is 5.26 Å². The van der Waals surface area contributed by atoms with Gasteiger partial charge >= 0.3 is 0 Å². The number of halogens is 3. The Morgan fingerprint density at radius 3 is 2.76 bits per heavy atom. The minimum Gasteiger partial charge on any atom is -0.239 e. The van der Waals surface area contributed by atoms with Crippen LogP contribution < -0.4 is 0 Å². The van der Waals surface area contributed by atoms with Crippen LogP contribution >= 0.6 is 39.1 Å². The molecule has 6 heteroatoms. The zero-order valence-corrected chi connectivity index (χ0v) is 11.6. The monoisotopic (exact) mass is 329 g/mol. The predicted octanol–water partition coefficient (Wildman–Crippen LogP) is 4.01. The smallest absolute Gasteiger partial charge is 0.0911 e. The van der Waals surface area contributed by atoms with Crippen LogP contribution in [0.15, 0.2) is 28.9 Å². The maximum atomic E-state index is 8.65. The Bertz CT molecular complexity index is 601. The van der Waals surface area contributed by atoms with Crippen LogP contribution in [0.4, 0.5) is 0 Å². The molecule has 0 spiro atoms. The van der Waals surface area contributed by atoms with E-state index in [1.165, 1.54) is 0 Å². The van der Waals surface area contributed by atoms with Crippen molar-refractivity contribution in [2.75, 3.05) is 0 Å². The van der Waals surface area contributed by atoms with Crippen molar-refractivity contribution >= 4 is 39.1 Å². The third kappa shape index (κ3) is 2.63. The van der Waals surface area contributed by atoms with Gasteiger partial charge in [0.1, 0.15) is 0 Å². The lowest BCUT2D eigenvalue weighted by molar-refractivity contribution is 0.853. The number of hydrogen-bond donors (Lipinski definition) is 0. The van der Waals surface area contributed by atoms with Crippen LogP contribution in [0.1, 0.15) is 5.69 Å². The van der Waals surface area contributed by atoms with Gasteiger partial charge in [-0.3, -0.25) is 0 Å².